The summed E-state index contributed by atoms with van der Waals surface area (Å²) in [5, 5.41) is 0. The minimum atomic E-state index is 0.642. The van der Waals surface area contributed by atoms with Crippen LogP contribution in [0.15, 0.2) is 188 Å². The summed E-state index contributed by atoms with van der Waals surface area (Å²) in [6.07, 6.45) is 0. The summed E-state index contributed by atoms with van der Waals surface area (Å²) >= 11 is 0. The topological polar surface area (TPSA) is 38.7 Å². The van der Waals surface area contributed by atoms with Gasteiger partial charge in [0.2, 0.25) is 0 Å². The van der Waals surface area contributed by atoms with Crippen LogP contribution in [0.25, 0.3) is 78.7 Å². The van der Waals surface area contributed by atoms with E-state index in [0.29, 0.717) is 17.5 Å². The van der Waals surface area contributed by atoms with Crippen LogP contribution in [0.1, 0.15) is 0 Å². The standard InChI is InChI=1S/C45H31N3/c1-4-11-32(12-5-1)34-19-21-36(22-20-34)37-23-25-38(26-24-37)41-17-10-18-42(31-41)45-47-43(39-15-8-3-9-16-39)46-44(48-45)40-29-27-35(28-30-40)33-13-6-2-7-14-33/h1-31H. The predicted octanol–water partition coefficient (Wildman–Crippen LogP) is 11.5. The summed E-state index contributed by atoms with van der Waals surface area (Å²) in [6, 6.07) is 65.3. The van der Waals surface area contributed by atoms with Crippen LogP contribution in [0.4, 0.5) is 0 Å². The van der Waals surface area contributed by atoms with E-state index in [2.05, 4.69) is 146 Å². The second kappa shape index (κ2) is 13.1. The first-order chi connectivity index (χ1) is 23.8. The SMILES string of the molecule is c1ccc(-c2ccc(-c3ccc(-c4cccc(-c5nc(-c6ccccc6)nc(-c6ccc(-c7ccccc7)cc6)n5)c4)cc3)cc2)cc1. The van der Waals surface area contributed by atoms with Crippen LogP contribution in [-0.2, 0) is 0 Å². The Balaban J connectivity index is 1.11. The fourth-order valence-electron chi connectivity index (χ4n) is 5.97. The molecule has 0 aliphatic heterocycles. The molecule has 1 aromatic heterocycles. The second-order valence-corrected chi connectivity index (χ2v) is 11.7. The Kier molecular flexibility index (Phi) is 7.92. The lowest BCUT2D eigenvalue weighted by Crippen LogP contribution is -2.00. The molecular formula is C45H31N3. The first-order valence-electron chi connectivity index (χ1n) is 16.1. The number of nitrogens with zero attached hydrogens (tertiary/aromatic N) is 3. The predicted molar refractivity (Wildman–Crippen MR) is 198 cm³/mol. The van der Waals surface area contributed by atoms with Gasteiger partial charge in [0, 0.05) is 16.7 Å². The van der Waals surface area contributed by atoms with Crippen LogP contribution in [0.5, 0.6) is 0 Å². The Labute approximate surface area is 280 Å². The Morgan fingerprint density at radius 1 is 0.188 bits per heavy atom. The van der Waals surface area contributed by atoms with Crippen LogP contribution in [0.3, 0.4) is 0 Å². The van der Waals surface area contributed by atoms with Crippen molar-refractivity contribution in [3.63, 3.8) is 0 Å². The van der Waals surface area contributed by atoms with Crippen LogP contribution < -0.4 is 0 Å². The van der Waals surface area contributed by atoms with E-state index >= 15 is 0 Å². The summed E-state index contributed by atoms with van der Waals surface area (Å²) in [5.41, 5.74) is 12.2. The van der Waals surface area contributed by atoms with Gasteiger partial charge in [0.15, 0.2) is 17.5 Å². The maximum Gasteiger partial charge on any atom is 0.164 e. The summed E-state index contributed by atoms with van der Waals surface area (Å²) in [4.78, 5) is 14.9. The maximum atomic E-state index is 5.00. The molecule has 0 aliphatic carbocycles. The van der Waals surface area contributed by atoms with Crippen LogP contribution >= 0.6 is 0 Å². The monoisotopic (exact) mass is 613 g/mol. The van der Waals surface area contributed by atoms with Crippen molar-refractivity contribution in [2.45, 2.75) is 0 Å². The van der Waals surface area contributed by atoms with Gasteiger partial charge in [0.25, 0.3) is 0 Å². The third-order valence-electron chi connectivity index (χ3n) is 8.58. The zero-order valence-electron chi connectivity index (χ0n) is 26.2. The van der Waals surface area contributed by atoms with E-state index in [9.17, 15) is 0 Å². The van der Waals surface area contributed by atoms with E-state index in [-0.39, 0.29) is 0 Å². The average molecular weight is 614 g/mol. The van der Waals surface area contributed by atoms with E-state index in [0.717, 1.165) is 33.4 Å². The molecule has 0 aliphatic rings. The van der Waals surface area contributed by atoms with Gasteiger partial charge in [-0.25, -0.2) is 15.0 Å². The van der Waals surface area contributed by atoms with Gasteiger partial charge in [0.05, 0.1) is 0 Å². The molecule has 0 atom stereocenters. The summed E-state index contributed by atoms with van der Waals surface area (Å²) in [7, 11) is 0. The number of benzene rings is 7. The minimum Gasteiger partial charge on any atom is -0.208 e. The fourth-order valence-corrected chi connectivity index (χ4v) is 5.97. The highest BCUT2D eigenvalue weighted by Crippen LogP contribution is 2.31. The first-order valence-corrected chi connectivity index (χ1v) is 16.1. The van der Waals surface area contributed by atoms with E-state index in [1.165, 1.54) is 27.8 Å². The number of aromatic nitrogens is 3. The molecular weight excluding hydrogens is 583 g/mol. The van der Waals surface area contributed by atoms with Gasteiger partial charge in [-0.05, 0) is 50.6 Å². The van der Waals surface area contributed by atoms with Gasteiger partial charge in [-0.15, -0.1) is 0 Å². The van der Waals surface area contributed by atoms with Crippen molar-refractivity contribution in [2.75, 3.05) is 0 Å². The molecule has 0 saturated carbocycles. The molecule has 8 rings (SSSR count). The van der Waals surface area contributed by atoms with Crippen molar-refractivity contribution in [1.82, 2.24) is 15.0 Å². The normalized spacial score (nSPS) is 10.9. The zero-order valence-corrected chi connectivity index (χ0v) is 26.2. The number of rotatable bonds is 7. The smallest absolute Gasteiger partial charge is 0.164 e. The van der Waals surface area contributed by atoms with Crippen molar-refractivity contribution in [2.24, 2.45) is 0 Å². The molecule has 0 N–H and O–H groups in total. The molecule has 226 valence electrons. The molecule has 0 radical (unpaired) electrons. The Morgan fingerprint density at radius 2 is 0.438 bits per heavy atom. The van der Waals surface area contributed by atoms with Crippen molar-refractivity contribution in [3.8, 4) is 78.7 Å². The van der Waals surface area contributed by atoms with E-state index in [1.807, 2.05) is 42.5 Å². The third kappa shape index (κ3) is 6.18. The van der Waals surface area contributed by atoms with E-state index in [4.69, 9.17) is 15.0 Å². The minimum absolute atomic E-state index is 0.642. The van der Waals surface area contributed by atoms with E-state index < -0.39 is 0 Å². The Morgan fingerprint density at radius 3 is 0.854 bits per heavy atom. The molecule has 3 nitrogen and oxygen atoms in total. The Hall–Kier alpha value is -6.45. The summed E-state index contributed by atoms with van der Waals surface area (Å²) in [5.74, 6) is 1.94. The highest BCUT2D eigenvalue weighted by molar-refractivity contribution is 5.76. The lowest BCUT2D eigenvalue weighted by molar-refractivity contribution is 1.07. The Bertz CT molecular complexity index is 2280. The fraction of sp³-hybridized carbons (Fsp3) is 0. The molecule has 0 unspecified atom stereocenters. The summed E-state index contributed by atoms with van der Waals surface area (Å²) < 4.78 is 0. The second-order valence-electron chi connectivity index (χ2n) is 11.7. The summed E-state index contributed by atoms with van der Waals surface area (Å²) in [6.45, 7) is 0. The van der Waals surface area contributed by atoms with Crippen molar-refractivity contribution >= 4 is 0 Å². The molecule has 1 heterocycles. The van der Waals surface area contributed by atoms with Crippen molar-refractivity contribution < 1.29 is 0 Å². The number of hydrogen-bond donors (Lipinski definition) is 0. The van der Waals surface area contributed by atoms with Gasteiger partial charge >= 0.3 is 0 Å². The molecule has 7 aromatic carbocycles. The van der Waals surface area contributed by atoms with Crippen LogP contribution in [-0.4, -0.2) is 15.0 Å². The van der Waals surface area contributed by atoms with Crippen molar-refractivity contribution in [1.29, 1.82) is 0 Å². The maximum absolute atomic E-state index is 5.00. The molecule has 0 spiro atoms. The highest BCUT2D eigenvalue weighted by Gasteiger charge is 2.13. The number of hydrogen-bond acceptors (Lipinski definition) is 3. The molecule has 8 aromatic rings. The molecule has 48 heavy (non-hydrogen) atoms. The lowest BCUT2D eigenvalue weighted by atomic mass is 9.97. The van der Waals surface area contributed by atoms with E-state index in [1.54, 1.807) is 0 Å². The van der Waals surface area contributed by atoms with Gasteiger partial charge in [-0.1, -0.05) is 182 Å². The highest BCUT2D eigenvalue weighted by atomic mass is 15.0. The molecule has 0 saturated heterocycles. The van der Waals surface area contributed by atoms with Crippen LogP contribution in [0, 0.1) is 0 Å². The quantitative estimate of drug-likeness (QED) is 0.179. The van der Waals surface area contributed by atoms with Crippen molar-refractivity contribution in [3.05, 3.63) is 188 Å². The van der Waals surface area contributed by atoms with Gasteiger partial charge in [-0.2, -0.15) is 0 Å². The largest absolute Gasteiger partial charge is 0.208 e. The van der Waals surface area contributed by atoms with Gasteiger partial charge in [-0.3, -0.25) is 0 Å². The van der Waals surface area contributed by atoms with Gasteiger partial charge < -0.3 is 0 Å². The third-order valence-corrected chi connectivity index (χ3v) is 8.58. The molecule has 3 heteroatoms. The zero-order chi connectivity index (χ0) is 32.1. The first kappa shape index (κ1) is 29.0. The molecule has 0 amide bonds. The molecule has 0 fully saturated rings. The average Bonchev–Trinajstić information content (AvgIpc) is 3.19. The lowest BCUT2D eigenvalue weighted by Gasteiger charge is -2.11. The molecule has 0 bridgehead atoms. The van der Waals surface area contributed by atoms with Gasteiger partial charge in [0.1, 0.15) is 0 Å². The van der Waals surface area contributed by atoms with Crippen LogP contribution in [0.2, 0.25) is 0 Å².